The van der Waals surface area contributed by atoms with E-state index < -0.39 is 0 Å². The summed E-state index contributed by atoms with van der Waals surface area (Å²) in [6.07, 6.45) is 1.01. The zero-order valence-electron chi connectivity index (χ0n) is 13.2. The molecule has 0 unspecified atom stereocenters. The van der Waals surface area contributed by atoms with Gasteiger partial charge in [-0.25, -0.2) is 0 Å². The van der Waals surface area contributed by atoms with Gasteiger partial charge in [0.1, 0.15) is 22.8 Å². The van der Waals surface area contributed by atoms with Crippen LogP contribution < -0.4 is 4.74 Å². The molecule has 1 rings (SSSR count). The van der Waals surface area contributed by atoms with Crippen LogP contribution in [0.4, 0.5) is 0 Å². The quantitative estimate of drug-likeness (QED) is 0.558. The highest BCUT2D eigenvalue weighted by atomic mass is 127. The first-order chi connectivity index (χ1) is 9.34. The van der Waals surface area contributed by atoms with Gasteiger partial charge in [-0.2, -0.15) is 0 Å². The standard InChI is InChI=1S/C15H23NO4.HI/c1-6-7-11(17)12-14(19)10(8-16(3)4)13(18)9(2)15(12)20-5;/h18-19H,6-8H2,1-5H3;1H. The van der Waals surface area contributed by atoms with Gasteiger partial charge in [-0.15, -0.1) is 24.0 Å². The van der Waals surface area contributed by atoms with Crippen molar-refractivity contribution in [3.05, 3.63) is 16.7 Å². The van der Waals surface area contributed by atoms with E-state index in [1.807, 2.05) is 25.9 Å². The van der Waals surface area contributed by atoms with E-state index in [0.717, 1.165) is 0 Å². The molecule has 0 atom stereocenters. The molecule has 120 valence electrons. The van der Waals surface area contributed by atoms with Crippen LogP contribution in [-0.2, 0) is 6.54 Å². The predicted octanol–water partition coefficient (Wildman–Crippen LogP) is 3.08. The minimum atomic E-state index is -0.183. The van der Waals surface area contributed by atoms with E-state index in [-0.39, 0.29) is 52.6 Å². The number of aromatic hydroxyl groups is 2. The molecule has 0 aliphatic rings. The molecule has 2 N–H and O–H groups in total. The second-order valence-corrected chi connectivity index (χ2v) is 5.12. The number of hydrogen-bond donors (Lipinski definition) is 2. The Bertz CT molecular complexity index is 515. The normalized spacial score (nSPS) is 10.4. The van der Waals surface area contributed by atoms with Crippen molar-refractivity contribution in [1.82, 2.24) is 4.90 Å². The number of Topliss-reactive ketones (excluding diaryl/α,β-unsaturated/α-hetero) is 1. The molecular formula is C15H24INO4. The van der Waals surface area contributed by atoms with Crippen LogP contribution in [0.1, 0.15) is 41.3 Å². The number of carbonyl (C=O) groups excluding carboxylic acids is 1. The summed E-state index contributed by atoms with van der Waals surface area (Å²) in [5.74, 6) is -0.135. The SMILES string of the molecule is CCCC(=O)c1c(O)c(CN(C)C)c(O)c(C)c1OC.I. The van der Waals surface area contributed by atoms with Gasteiger partial charge in [0.2, 0.25) is 0 Å². The van der Waals surface area contributed by atoms with Crippen LogP contribution in [0.15, 0.2) is 0 Å². The molecule has 5 nitrogen and oxygen atoms in total. The average molecular weight is 409 g/mol. The number of carbonyl (C=O) groups is 1. The maximum Gasteiger partial charge on any atom is 0.170 e. The molecule has 0 fully saturated rings. The van der Waals surface area contributed by atoms with E-state index in [4.69, 9.17) is 4.74 Å². The Hall–Kier alpha value is -1.02. The lowest BCUT2D eigenvalue weighted by molar-refractivity contribution is 0.0975. The predicted molar refractivity (Wildman–Crippen MR) is 93.1 cm³/mol. The molecule has 21 heavy (non-hydrogen) atoms. The van der Waals surface area contributed by atoms with E-state index in [2.05, 4.69) is 0 Å². The summed E-state index contributed by atoms with van der Waals surface area (Å²) in [6.45, 7) is 3.92. The molecule has 6 heteroatoms. The Morgan fingerprint density at radius 1 is 1.24 bits per heavy atom. The number of phenolic OH excluding ortho intramolecular Hbond substituents is 2. The molecule has 0 amide bonds. The number of halogens is 1. The molecule has 0 spiro atoms. The van der Waals surface area contributed by atoms with Crippen molar-refractivity contribution >= 4 is 29.8 Å². The Morgan fingerprint density at radius 2 is 1.81 bits per heavy atom. The van der Waals surface area contributed by atoms with Gasteiger partial charge in [-0.1, -0.05) is 6.92 Å². The van der Waals surface area contributed by atoms with Gasteiger partial charge in [0.25, 0.3) is 0 Å². The van der Waals surface area contributed by atoms with Gasteiger partial charge in [0, 0.05) is 18.5 Å². The van der Waals surface area contributed by atoms with Crippen LogP contribution >= 0.6 is 24.0 Å². The minimum Gasteiger partial charge on any atom is -0.507 e. The van der Waals surface area contributed by atoms with E-state index in [1.165, 1.54) is 7.11 Å². The summed E-state index contributed by atoms with van der Waals surface area (Å²) in [7, 11) is 5.08. The number of nitrogens with zero attached hydrogens (tertiary/aromatic N) is 1. The van der Waals surface area contributed by atoms with Crippen LogP contribution in [0.25, 0.3) is 0 Å². The van der Waals surface area contributed by atoms with Gasteiger partial charge in [-0.3, -0.25) is 4.79 Å². The Balaban J connectivity index is 0.00000400. The fraction of sp³-hybridized carbons (Fsp3) is 0.533. The average Bonchev–Trinajstić information content (AvgIpc) is 2.38. The first kappa shape index (κ1) is 20.0. The lowest BCUT2D eigenvalue weighted by Crippen LogP contribution is -2.13. The zero-order valence-corrected chi connectivity index (χ0v) is 15.5. The third kappa shape index (κ3) is 4.23. The number of hydrogen-bond acceptors (Lipinski definition) is 5. The number of rotatable bonds is 6. The van der Waals surface area contributed by atoms with Gasteiger partial charge in [0.15, 0.2) is 5.78 Å². The smallest absolute Gasteiger partial charge is 0.170 e. The fourth-order valence-corrected chi connectivity index (χ4v) is 2.22. The summed E-state index contributed by atoms with van der Waals surface area (Å²) in [6, 6.07) is 0. The number of benzene rings is 1. The van der Waals surface area contributed by atoms with Crippen LogP contribution in [-0.4, -0.2) is 42.1 Å². The van der Waals surface area contributed by atoms with Crippen molar-refractivity contribution in [3.8, 4) is 17.2 Å². The van der Waals surface area contributed by atoms with E-state index in [1.54, 1.807) is 6.92 Å². The summed E-state index contributed by atoms with van der Waals surface area (Å²) >= 11 is 0. The maximum absolute atomic E-state index is 12.2. The number of ether oxygens (including phenoxy) is 1. The highest BCUT2D eigenvalue weighted by Crippen LogP contribution is 2.43. The van der Waals surface area contributed by atoms with Gasteiger partial charge >= 0.3 is 0 Å². The van der Waals surface area contributed by atoms with Crippen molar-refractivity contribution in [2.75, 3.05) is 21.2 Å². The third-order valence-electron chi connectivity index (χ3n) is 3.17. The Kier molecular flexibility index (Phi) is 8.02. The summed E-state index contributed by atoms with van der Waals surface area (Å²) in [4.78, 5) is 14.0. The largest absolute Gasteiger partial charge is 0.507 e. The van der Waals surface area contributed by atoms with Gasteiger partial charge in [-0.05, 0) is 27.4 Å². The molecule has 0 aromatic heterocycles. The molecule has 0 saturated carbocycles. The zero-order chi connectivity index (χ0) is 15.4. The van der Waals surface area contributed by atoms with Crippen molar-refractivity contribution < 1.29 is 19.7 Å². The van der Waals surface area contributed by atoms with Crippen molar-refractivity contribution in [1.29, 1.82) is 0 Å². The van der Waals surface area contributed by atoms with Crippen molar-refractivity contribution in [3.63, 3.8) is 0 Å². The first-order valence-corrected chi connectivity index (χ1v) is 6.64. The fourth-order valence-electron chi connectivity index (χ4n) is 2.22. The molecule has 0 saturated heterocycles. The monoisotopic (exact) mass is 409 g/mol. The molecule has 0 aliphatic heterocycles. The van der Waals surface area contributed by atoms with Crippen LogP contribution in [0.5, 0.6) is 17.2 Å². The van der Waals surface area contributed by atoms with E-state index in [9.17, 15) is 15.0 Å². The third-order valence-corrected chi connectivity index (χ3v) is 3.17. The summed E-state index contributed by atoms with van der Waals surface area (Å²) in [5.41, 5.74) is 0.996. The lowest BCUT2D eigenvalue weighted by atomic mass is 9.96. The molecule has 0 radical (unpaired) electrons. The second kappa shape index (κ2) is 8.43. The minimum absolute atomic E-state index is 0. The molecule has 0 aliphatic carbocycles. The Labute approximate surface area is 142 Å². The topological polar surface area (TPSA) is 70.0 Å². The van der Waals surface area contributed by atoms with E-state index in [0.29, 0.717) is 30.5 Å². The van der Waals surface area contributed by atoms with Crippen LogP contribution in [0.3, 0.4) is 0 Å². The number of ketones is 1. The lowest BCUT2D eigenvalue weighted by Gasteiger charge is -2.20. The van der Waals surface area contributed by atoms with Gasteiger partial charge in [0.05, 0.1) is 12.7 Å². The summed E-state index contributed by atoms with van der Waals surface area (Å²) in [5, 5.41) is 20.6. The first-order valence-electron chi connectivity index (χ1n) is 6.64. The highest BCUT2D eigenvalue weighted by molar-refractivity contribution is 14.0. The van der Waals surface area contributed by atoms with Gasteiger partial charge < -0.3 is 19.8 Å². The molecular weight excluding hydrogens is 385 g/mol. The Morgan fingerprint density at radius 3 is 2.24 bits per heavy atom. The molecule has 1 aromatic rings. The summed E-state index contributed by atoms with van der Waals surface area (Å²) < 4.78 is 5.21. The maximum atomic E-state index is 12.2. The molecule has 0 bridgehead atoms. The molecule has 1 aromatic carbocycles. The van der Waals surface area contributed by atoms with Crippen LogP contribution in [0.2, 0.25) is 0 Å². The highest BCUT2D eigenvalue weighted by Gasteiger charge is 2.26. The molecule has 0 heterocycles. The van der Waals surface area contributed by atoms with Crippen molar-refractivity contribution in [2.45, 2.75) is 33.2 Å². The number of methoxy groups -OCH3 is 1. The second-order valence-electron chi connectivity index (χ2n) is 5.12. The van der Waals surface area contributed by atoms with Crippen LogP contribution in [0, 0.1) is 6.92 Å². The van der Waals surface area contributed by atoms with Crippen molar-refractivity contribution in [2.24, 2.45) is 0 Å². The number of phenols is 2. The van der Waals surface area contributed by atoms with E-state index >= 15 is 0 Å².